The van der Waals surface area contributed by atoms with Gasteiger partial charge in [0.05, 0.1) is 36.9 Å². The maximum Gasteiger partial charge on any atom is 0.471 e. The van der Waals surface area contributed by atoms with Gasteiger partial charge in [0.2, 0.25) is 0 Å². The minimum Gasteiger partial charge on any atom is -0.506 e. The Morgan fingerprint density at radius 3 is 2.38 bits per heavy atom. The standard InChI is InChI=1S/C21H17F6N3O4/c1-3-34-16(32)8-13-12(9-28)5-6-14(17(13)22)30(19(33)21(25,26)27)10-20(23,24)18-15(31)7-4-11(2)29-18/h4-7,31H,3,8,10H2,1-2H3. The van der Waals surface area contributed by atoms with Crippen LogP contribution in [-0.2, 0) is 26.7 Å². The van der Waals surface area contributed by atoms with E-state index in [1.165, 1.54) is 19.9 Å². The molecule has 7 nitrogen and oxygen atoms in total. The van der Waals surface area contributed by atoms with Gasteiger partial charge in [-0.1, -0.05) is 0 Å². The van der Waals surface area contributed by atoms with Crippen molar-refractivity contribution in [3.05, 3.63) is 52.6 Å². The van der Waals surface area contributed by atoms with Gasteiger partial charge in [-0.2, -0.15) is 27.2 Å². The molecule has 182 valence electrons. The smallest absolute Gasteiger partial charge is 0.471 e. The Bertz CT molecular complexity index is 1140. The molecule has 1 aromatic heterocycles. The van der Waals surface area contributed by atoms with Gasteiger partial charge in [0.25, 0.3) is 0 Å². The van der Waals surface area contributed by atoms with Crippen molar-refractivity contribution in [3.63, 3.8) is 0 Å². The number of benzene rings is 1. The number of hydrogen-bond donors (Lipinski definition) is 1. The summed E-state index contributed by atoms with van der Waals surface area (Å²) >= 11 is 0. The van der Waals surface area contributed by atoms with Crippen LogP contribution in [0.1, 0.15) is 29.4 Å². The van der Waals surface area contributed by atoms with Gasteiger partial charge in [-0.25, -0.2) is 9.37 Å². The van der Waals surface area contributed by atoms with E-state index in [4.69, 9.17) is 5.26 Å². The lowest BCUT2D eigenvalue weighted by Gasteiger charge is -2.29. The van der Waals surface area contributed by atoms with Crippen LogP contribution in [0.3, 0.4) is 0 Å². The molecule has 0 fully saturated rings. The van der Waals surface area contributed by atoms with Gasteiger partial charge in [0.1, 0.15) is 5.75 Å². The van der Waals surface area contributed by atoms with Gasteiger partial charge in [0, 0.05) is 11.3 Å². The summed E-state index contributed by atoms with van der Waals surface area (Å²) in [4.78, 5) is 26.7. The van der Waals surface area contributed by atoms with Gasteiger partial charge in [-0.3, -0.25) is 14.5 Å². The Balaban J connectivity index is 2.66. The second-order valence-corrected chi connectivity index (χ2v) is 6.93. The molecule has 0 bridgehead atoms. The van der Waals surface area contributed by atoms with Crippen LogP contribution in [0.2, 0.25) is 0 Å². The average Bonchev–Trinajstić information content (AvgIpc) is 2.74. The summed E-state index contributed by atoms with van der Waals surface area (Å²) in [6.45, 7) is 0.521. The third-order valence-corrected chi connectivity index (χ3v) is 4.46. The number of ether oxygens (including phenoxy) is 1. The fraction of sp³-hybridized carbons (Fsp3) is 0.333. The number of amides is 1. The van der Waals surface area contributed by atoms with Crippen molar-refractivity contribution in [1.29, 1.82) is 5.26 Å². The number of aryl methyl sites for hydroxylation is 1. The maximum absolute atomic E-state index is 15.2. The Hall–Kier alpha value is -3.82. The first-order chi connectivity index (χ1) is 15.7. The first kappa shape index (κ1) is 26.4. The molecular formula is C21H17F6N3O4. The van der Waals surface area contributed by atoms with Crippen LogP contribution in [0.5, 0.6) is 5.75 Å². The molecule has 0 radical (unpaired) electrons. The zero-order valence-corrected chi connectivity index (χ0v) is 17.7. The highest BCUT2D eigenvalue weighted by Crippen LogP contribution is 2.37. The summed E-state index contributed by atoms with van der Waals surface area (Å²) in [5, 5.41) is 18.9. The molecular weight excluding hydrogens is 472 g/mol. The van der Waals surface area contributed by atoms with Crippen LogP contribution < -0.4 is 4.90 Å². The van der Waals surface area contributed by atoms with Crippen molar-refractivity contribution in [1.82, 2.24) is 4.98 Å². The summed E-state index contributed by atoms with van der Waals surface area (Å²) < 4.78 is 89.4. The number of anilines is 1. The molecule has 0 aliphatic rings. The number of pyridine rings is 1. The molecule has 1 N–H and O–H groups in total. The number of carbonyl (C=O) groups is 2. The van der Waals surface area contributed by atoms with E-state index < -0.39 is 75.9 Å². The zero-order valence-electron chi connectivity index (χ0n) is 17.7. The molecule has 1 heterocycles. The molecule has 1 amide bonds. The van der Waals surface area contributed by atoms with Gasteiger partial charge in [-0.15, -0.1) is 0 Å². The molecule has 2 aromatic rings. The highest BCUT2D eigenvalue weighted by atomic mass is 19.4. The van der Waals surface area contributed by atoms with Crippen molar-refractivity contribution in [2.45, 2.75) is 32.4 Å². The fourth-order valence-corrected chi connectivity index (χ4v) is 2.96. The second kappa shape index (κ2) is 9.98. The quantitative estimate of drug-likeness (QED) is 0.468. The van der Waals surface area contributed by atoms with Crippen molar-refractivity contribution in [3.8, 4) is 11.8 Å². The number of carbonyl (C=O) groups excluding carboxylic acids is 2. The monoisotopic (exact) mass is 489 g/mol. The third-order valence-electron chi connectivity index (χ3n) is 4.46. The van der Waals surface area contributed by atoms with Crippen LogP contribution in [0.25, 0.3) is 0 Å². The number of esters is 1. The lowest BCUT2D eigenvalue weighted by molar-refractivity contribution is -0.171. The van der Waals surface area contributed by atoms with E-state index in [0.29, 0.717) is 6.07 Å². The second-order valence-electron chi connectivity index (χ2n) is 6.93. The third kappa shape index (κ3) is 5.75. The fourth-order valence-electron chi connectivity index (χ4n) is 2.96. The molecule has 1 aromatic carbocycles. The van der Waals surface area contributed by atoms with Crippen LogP contribution in [0.15, 0.2) is 24.3 Å². The number of aromatic hydroxyl groups is 1. The van der Waals surface area contributed by atoms with E-state index in [1.54, 1.807) is 0 Å². The van der Waals surface area contributed by atoms with E-state index >= 15 is 4.39 Å². The van der Waals surface area contributed by atoms with Crippen molar-refractivity contribution < 1.29 is 45.8 Å². The molecule has 0 saturated heterocycles. The van der Waals surface area contributed by atoms with Crippen molar-refractivity contribution >= 4 is 17.6 Å². The molecule has 0 aliphatic carbocycles. The van der Waals surface area contributed by atoms with Gasteiger partial charge >= 0.3 is 24.0 Å². The van der Waals surface area contributed by atoms with Gasteiger partial charge in [0.15, 0.2) is 11.5 Å². The van der Waals surface area contributed by atoms with E-state index in [2.05, 4.69) is 9.72 Å². The molecule has 0 atom stereocenters. The summed E-state index contributed by atoms with van der Waals surface area (Å²) in [5.74, 6) is -11.0. The van der Waals surface area contributed by atoms with Gasteiger partial charge in [-0.05, 0) is 38.1 Å². The Kier molecular flexibility index (Phi) is 7.76. The van der Waals surface area contributed by atoms with Crippen LogP contribution in [0.4, 0.5) is 32.0 Å². The molecule has 0 aliphatic heterocycles. The van der Waals surface area contributed by atoms with Crippen LogP contribution in [0, 0.1) is 24.1 Å². The summed E-state index contributed by atoms with van der Waals surface area (Å²) in [6, 6.07) is 4.84. The molecule has 2 rings (SSSR count). The van der Waals surface area contributed by atoms with Crippen LogP contribution >= 0.6 is 0 Å². The summed E-state index contributed by atoms with van der Waals surface area (Å²) in [7, 11) is 0. The number of hydrogen-bond acceptors (Lipinski definition) is 6. The Morgan fingerprint density at radius 1 is 1.18 bits per heavy atom. The SMILES string of the molecule is CCOC(=O)Cc1c(C#N)ccc(N(CC(F)(F)c2nc(C)ccc2O)C(=O)C(F)(F)F)c1F. The summed E-state index contributed by atoms with van der Waals surface area (Å²) in [5.41, 5.74) is -3.81. The average molecular weight is 489 g/mol. The molecule has 0 unspecified atom stereocenters. The summed E-state index contributed by atoms with van der Waals surface area (Å²) in [6.07, 6.45) is -6.60. The van der Waals surface area contributed by atoms with E-state index in [-0.39, 0.29) is 12.3 Å². The van der Waals surface area contributed by atoms with Crippen molar-refractivity contribution in [2.24, 2.45) is 0 Å². The van der Waals surface area contributed by atoms with Gasteiger partial charge < -0.3 is 9.84 Å². The topological polar surface area (TPSA) is 104 Å². The number of nitrogens with zero attached hydrogens (tertiary/aromatic N) is 3. The lowest BCUT2D eigenvalue weighted by atomic mass is 10.0. The minimum atomic E-state index is -5.69. The highest BCUT2D eigenvalue weighted by Gasteiger charge is 2.49. The molecule has 0 saturated carbocycles. The molecule has 13 heteroatoms. The largest absolute Gasteiger partial charge is 0.506 e. The Morgan fingerprint density at radius 2 is 1.82 bits per heavy atom. The predicted molar refractivity (Wildman–Crippen MR) is 104 cm³/mol. The number of alkyl halides is 5. The van der Waals surface area contributed by atoms with E-state index in [9.17, 15) is 36.6 Å². The van der Waals surface area contributed by atoms with E-state index in [1.807, 2.05) is 0 Å². The van der Waals surface area contributed by atoms with Crippen LogP contribution in [-0.4, -0.2) is 41.3 Å². The lowest BCUT2D eigenvalue weighted by Crippen LogP contribution is -2.47. The number of aromatic nitrogens is 1. The van der Waals surface area contributed by atoms with Crippen molar-refractivity contribution in [2.75, 3.05) is 18.1 Å². The zero-order chi connectivity index (χ0) is 25.8. The maximum atomic E-state index is 15.2. The van der Waals surface area contributed by atoms with E-state index in [0.717, 1.165) is 18.2 Å². The Labute approximate surface area is 189 Å². The molecule has 0 spiro atoms. The number of halogens is 6. The normalized spacial score (nSPS) is 11.6. The molecule has 34 heavy (non-hydrogen) atoms. The number of nitriles is 1. The first-order valence-electron chi connectivity index (χ1n) is 9.53. The minimum absolute atomic E-state index is 0.0116. The first-order valence-corrected chi connectivity index (χ1v) is 9.53. The highest BCUT2D eigenvalue weighted by molar-refractivity contribution is 5.98. The number of rotatable bonds is 7. The predicted octanol–water partition coefficient (Wildman–Crippen LogP) is 3.90.